The molecule has 0 aromatic carbocycles. The molecule has 19 heteroatoms. The van der Waals surface area contributed by atoms with Gasteiger partial charge in [-0.1, -0.05) is 407 Å². The Balaban J connectivity index is 5.23. The number of ether oxygens (including phenoxy) is 4. The molecule has 0 saturated heterocycles. The van der Waals surface area contributed by atoms with Gasteiger partial charge in [-0.3, -0.25) is 37.3 Å². The predicted molar refractivity (Wildman–Crippen MR) is 428 cm³/mol. The van der Waals surface area contributed by atoms with E-state index in [1.54, 1.807) is 0 Å². The molecule has 0 spiro atoms. The SMILES string of the molecule is CCCCCCCCCCCCCCCCCCCCC(=O)OC[C@H](COP(=O)(O)OC[C@@H](O)COP(=O)(O)OC[C@@H](COC(=O)CCCCCCCCCCCC)OC(=O)CCCCCCCCCCCCCCCCCCCC)OC(=O)CCCCCCCCCCCCCCCCC(C)CC. The molecule has 3 N–H and O–H groups in total. The number of aliphatic hydroxyl groups excluding tert-OH is 1. The Kier molecular flexibility index (Phi) is 76.3. The molecule has 6 atom stereocenters. The average molecular weight is 1520 g/mol. The number of unbranched alkanes of at least 4 members (excludes halogenated alkanes) is 56. The van der Waals surface area contributed by atoms with Crippen LogP contribution in [0.4, 0.5) is 0 Å². The van der Waals surface area contributed by atoms with Gasteiger partial charge in [0.15, 0.2) is 12.2 Å². The molecular weight excluding hydrogens is 1350 g/mol. The van der Waals surface area contributed by atoms with Gasteiger partial charge < -0.3 is 33.8 Å². The summed E-state index contributed by atoms with van der Waals surface area (Å²) in [6.45, 7) is 7.41. The molecule has 17 nitrogen and oxygen atoms in total. The predicted octanol–water partition coefficient (Wildman–Crippen LogP) is 26.0. The van der Waals surface area contributed by atoms with Gasteiger partial charge in [-0.15, -0.1) is 0 Å². The van der Waals surface area contributed by atoms with Crippen LogP contribution in [0.3, 0.4) is 0 Å². The van der Waals surface area contributed by atoms with E-state index in [9.17, 15) is 43.2 Å². The lowest BCUT2D eigenvalue weighted by molar-refractivity contribution is -0.161. The van der Waals surface area contributed by atoms with Crippen LogP contribution in [0, 0.1) is 5.92 Å². The maximum Gasteiger partial charge on any atom is 0.472 e. The molecule has 0 bridgehead atoms. The van der Waals surface area contributed by atoms with Gasteiger partial charge in [-0.25, -0.2) is 9.13 Å². The highest BCUT2D eigenvalue weighted by Crippen LogP contribution is 2.45. The van der Waals surface area contributed by atoms with Crippen LogP contribution in [-0.4, -0.2) is 96.7 Å². The first-order valence-electron chi connectivity index (χ1n) is 44.2. The van der Waals surface area contributed by atoms with Gasteiger partial charge in [0.25, 0.3) is 0 Å². The molecule has 0 rings (SSSR count). The van der Waals surface area contributed by atoms with Crippen LogP contribution in [0.2, 0.25) is 0 Å². The smallest absolute Gasteiger partial charge is 0.462 e. The molecule has 0 fully saturated rings. The quantitative estimate of drug-likeness (QED) is 0.0222. The van der Waals surface area contributed by atoms with E-state index in [1.807, 2.05) is 0 Å². The molecule has 0 radical (unpaired) electrons. The number of aliphatic hydroxyl groups is 1. The Morgan fingerprint density at radius 1 is 0.269 bits per heavy atom. The van der Waals surface area contributed by atoms with E-state index in [4.69, 9.17) is 37.0 Å². The van der Waals surface area contributed by atoms with E-state index in [1.165, 1.54) is 283 Å². The summed E-state index contributed by atoms with van der Waals surface area (Å²) in [6, 6.07) is 0. The van der Waals surface area contributed by atoms with Crippen LogP contribution in [0.5, 0.6) is 0 Å². The number of rotatable bonds is 85. The molecule has 0 aromatic rings. The first-order valence-corrected chi connectivity index (χ1v) is 47.2. The summed E-state index contributed by atoms with van der Waals surface area (Å²) in [4.78, 5) is 73.2. The Morgan fingerprint density at radius 2 is 0.462 bits per heavy atom. The molecule has 0 aromatic heterocycles. The van der Waals surface area contributed by atoms with Crippen LogP contribution < -0.4 is 0 Å². The van der Waals surface area contributed by atoms with E-state index in [0.29, 0.717) is 25.7 Å². The highest BCUT2D eigenvalue weighted by atomic mass is 31.2. The summed E-state index contributed by atoms with van der Waals surface area (Å²) < 4.78 is 68.9. The van der Waals surface area contributed by atoms with Crippen molar-refractivity contribution in [2.45, 2.75) is 477 Å². The van der Waals surface area contributed by atoms with E-state index in [-0.39, 0.29) is 25.7 Å². The molecule has 3 unspecified atom stereocenters. The molecule has 0 aliphatic rings. The van der Waals surface area contributed by atoms with Gasteiger partial charge in [0.2, 0.25) is 0 Å². The van der Waals surface area contributed by atoms with Crippen molar-refractivity contribution in [3.63, 3.8) is 0 Å². The lowest BCUT2D eigenvalue weighted by Gasteiger charge is -2.21. The molecule has 0 saturated carbocycles. The number of carbonyl (C=O) groups is 4. The lowest BCUT2D eigenvalue weighted by atomic mass is 9.99. The summed E-state index contributed by atoms with van der Waals surface area (Å²) in [5.74, 6) is -1.25. The van der Waals surface area contributed by atoms with Crippen LogP contribution in [0.15, 0.2) is 0 Å². The van der Waals surface area contributed by atoms with Crippen molar-refractivity contribution in [3.8, 4) is 0 Å². The minimum Gasteiger partial charge on any atom is -0.462 e. The Bertz CT molecular complexity index is 1980. The van der Waals surface area contributed by atoms with Crippen molar-refractivity contribution in [2.75, 3.05) is 39.6 Å². The van der Waals surface area contributed by atoms with E-state index >= 15 is 0 Å². The van der Waals surface area contributed by atoms with Crippen LogP contribution in [0.1, 0.15) is 458 Å². The van der Waals surface area contributed by atoms with Crippen LogP contribution in [0.25, 0.3) is 0 Å². The summed E-state index contributed by atoms with van der Waals surface area (Å²) in [7, 11) is -9.92. The second-order valence-corrected chi connectivity index (χ2v) is 33.7. The molecule has 0 aliphatic heterocycles. The first kappa shape index (κ1) is 102. The molecule has 618 valence electrons. The summed E-state index contributed by atoms with van der Waals surface area (Å²) in [5.41, 5.74) is 0. The maximum atomic E-state index is 13.1. The van der Waals surface area contributed by atoms with E-state index in [0.717, 1.165) is 95.8 Å². The number of carbonyl (C=O) groups excluding carboxylic acids is 4. The molecule has 104 heavy (non-hydrogen) atoms. The summed E-state index contributed by atoms with van der Waals surface area (Å²) in [6.07, 6.45) is 70.7. The topological polar surface area (TPSA) is 237 Å². The number of hydrogen-bond donors (Lipinski definition) is 3. The third-order valence-electron chi connectivity index (χ3n) is 20.4. The Labute approximate surface area is 638 Å². The Hall–Kier alpha value is -1.94. The molecule has 0 heterocycles. The third kappa shape index (κ3) is 76.8. The van der Waals surface area contributed by atoms with E-state index < -0.39 is 97.5 Å². The highest BCUT2D eigenvalue weighted by Gasteiger charge is 2.30. The normalized spacial score (nSPS) is 14.0. The van der Waals surface area contributed by atoms with Crippen molar-refractivity contribution in [2.24, 2.45) is 5.92 Å². The van der Waals surface area contributed by atoms with Crippen molar-refractivity contribution in [1.82, 2.24) is 0 Å². The standard InChI is InChI=1S/C85H166O17P2/c1-6-10-13-16-19-22-25-27-29-31-33-35-40-44-49-54-59-64-69-83(88)96-75-81(102-85(90)71-66-61-56-51-46-42-38-37-39-43-47-52-57-62-67-78(5)9-4)77-100-104(93,94)98-73-79(86)72-97-103(91,92)99-76-80(74-95-82(87)68-63-58-53-48-24-21-18-15-12-8-3)101-84(89)70-65-60-55-50-45-41-36-34-32-30-28-26-23-20-17-14-11-7-2/h78-81,86H,6-77H2,1-5H3,(H,91,92)(H,93,94)/t78?,79-,80+,81+/m0/s1. The minimum absolute atomic E-state index is 0.109. The largest absolute Gasteiger partial charge is 0.472 e. The van der Waals surface area contributed by atoms with Crippen molar-refractivity contribution >= 4 is 39.5 Å². The van der Waals surface area contributed by atoms with Gasteiger partial charge in [0.1, 0.15) is 19.3 Å². The van der Waals surface area contributed by atoms with Crippen LogP contribution >= 0.6 is 15.6 Å². The van der Waals surface area contributed by atoms with Gasteiger partial charge >= 0.3 is 39.5 Å². The van der Waals surface area contributed by atoms with Crippen molar-refractivity contribution < 1.29 is 80.2 Å². The number of esters is 4. The second kappa shape index (κ2) is 77.8. The summed E-state index contributed by atoms with van der Waals surface area (Å²) in [5, 5.41) is 10.7. The van der Waals surface area contributed by atoms with Gasteiger partial charge in [-0.05, 0) is 31.6 Å². The number of hydrogen-bond acceptors (Lipinski definition) is 15. The van der Waals surface area contributed by atoms with Crippen molar-refractivity contribution in [3.05, 3.63) is 0 Å². The monoisotopic (exact) mass is 1520 g/mol. The van der Waals surface area contributed by atoms with Gasteiger partial charge in [0, 0.05) is 25.7 Å². The maximum absolute atomic E-state index is 13.1. The molecule has 0 aliphatic carbocycles. The number of phosphoric ester groups is 2. The van der Waals surface area contributed by atoms with Gasteiger partial charge in [-0.2, -0.15) is 0 Å². The highest BCUT2D eigenvalue weighted by molar-refractivity contribution is 7.47. The van der Waals surface area contributed by atoms with Gasteiger partial charge in [0.05, 0.1) is 26.4 Å². The first-order chi connectivity index (χ1) is 50.6. The van der Waals surface area contributed by atoms with Crippen LogP contribution in [-0.2, 0) is 65.4 Å². The fourth-order valence-corrected chi connectivity index (χ4v) is 14.8. The zero-order valence-corrected chi connectivity index (χ0v) is 70.0. The average Bonchev–Trinajstić information content (AvgIpc) is 0.904. The second-order valence-electron chi connectivity index (χ2n) is 30.8. The fourth-order valence-electron chi connectivity index (χ4n) is 13.3. The van der Waals surface area contributed by atoms with E-state index in [2.05, 4.69) is 34.6 Å². The molecular formula is C85H166O17P2. The molecule has 0 amide bonds. The third-order valence-corrected chi connectivity index (χ3v) is 22.3. The van der Waals surface area contributed by atoms with Crippen molar-refractivity contribution in [1.29, 1.82) is 0 Å². The zero-order valence-electron chi connectivity index (χ0n) is 68.2. The minimum atomic E-state index is -4.96. The number of phosphoric acid groups is 2. The fraction of sp³-hybridized carbons (Fsp3) is 0.953. The Morgan fingerprint density at radius 3 is 0.683 bits per heavy atom. The zero-order chi connectivity index (χ0) is 76.2. The summed E-state index contributed by atoms with van der Waals surface area (Å²) >= 11 is 0. The lowest BCUT2D eigenvalue weighted by Crippen LogP contribution is -2.30.